The first-order valence-corrected chi connectivity index (χ1v) is 7.62. The van der Waals surface area contributed by atoms with Gasteiger partial charge in [0, 0.05) is 11.3 Å². The van der Waals surface area contributed by atoms with E-state index in [9.17, 15) is 9.59 Å². The van der Waals surface area contributed by atoms with E-state index in [2.05, 4.69) is 11.9 Å². The first-order valence-electron chi connectivity index (χ1n) is 7.62. The van der Waals surface area contributed by atoms with Crippen LogP contribution in [-0.4, -0.2) is 25.0 Å². The minimum atomic E-state index is -0.462. The molecule has 0 spiro atoms. The first kappa shape index (κ1) is 17.4. The van der Waals surface area contributed by atoms with E-state index in [4.69, 9.17) is 10.5 Å². The third-order valence-corrected chi connectivity index (χ3v) is 3.31. The topological polar surface area (TPSA) is 81.4 Å². The Labute approximate surface area is 141 Å². The zero-order chi connectivity index (χ0) is 17.4. The van der Waals surface area contributed by atoms with E-state index in [0.29, 0.717) is 29.8 Å². The van der Waals surface area contributed by atoms with Crippen LogP contribution in [-0.2, 0) is 11.2 Å². The van der Waals surface area contributed by atoms with Crippen LogP contribution in [0.5, 0.6) is 0 Å². The van der Waals surface area contributed by atoms with Crippen LogP contribution < -0.4 is 11.1 Å². The van der Waals surface area contributed by atoms with Gasteiger partial charge >= 0.3 is 5.97 Å². The first-order chi connectivity index (χ1) is 11.6. The Morgan fingerprint density at radius 3 is 2.62 bits per heavy atom. The number of nitrogens with two attached hydrogens (primary N) is 1. The van der Waals surface area contributed by atoms with Crippen molar-refractivity contribution in [2.45, 2.75) is 6.42 Å². The van der Waals surface area contributed by atoms with Crippen molar-refractivity contribution in [3.63, 3.8) is 0 Å². The summed E-state index contributed by atoms with van der Waals surface area (Å²) >= 11 is 0. The number of carbonyl (C=O) groups excluding carboxylic acids is 2. The maximum Gasteiger partial charge on any atom is 0.338 e. The van der Waals surface area contributed by atoms with Gasteiger partial charge in [-0.1, -0.05) is 30.9 Å². The third kappa shape index (κ3) is 4.79. The summed E-state index contributed by atoms with van der Waals surface area (Å²) in [7, 11) is 0. The monoisotopic (exact) mass is 324 g/mol. The van der Waals surface area contributed by atoms with Gasteiger partial charge in [-0.15, -0.1) is 0 Å². The van der Waals surface area contributed by atoms with Crippen molar-refractivity contribution in [2.75, 3.05) is 18.5 Å². The van der Waals surface area contributed by atoms with E-state index in [-0.39, 0.29) is 12.5 Å². The van der Waals surface area contributed by atoms with E-state index in [1.807, 2.05) is 18.2 Å². The molecular weight excluding hydrogens is 304 g/mol. The maximum absolute atomic E-state index is 12.4. The summed E-state index contributed by atoms with van der Waals surface area (Å²) in [5.41, 5.74) is 7.98. The van der Waals surface area contributed by atoms with Crippen LogP contribution in [0.15, 0.2) is 61.2 Å². The molecule has 0 radical (unpaired) electrons. The summed E-state index contributed by atoms with van der Waals surface area (Å²) in [6, 6.07) is 13.9. The Kier molecular flexibility index (Phi) is 6.28. The molecule has 24 heavy (non-hydrogen) atoms. The fourth-order valence-electron chi connectivity index (χ4n) is 2.18. The van der Waals surface area contributed by atoms with Gasteiger partial charge < -0.3 is 15.8 Å². The van der Waals surface area contributed by atoms with E-state index in [0.717, 1.165) is 5.56 Å². The number of carbonyl (C=O) groups is 2. The SMILES string of the molecule is C=CCOC(=O)c1cccc(NC(=O)c2cccc(CCN)c2)c1. The molecule has 0 saturated heterocycles. The molecule has 2 rings (SSSR count). The number of esters is 1. The Morgan fingerprint density at radius 1 is 1.12 bits per heavy atom. The molecule has 2 aromatic rings. The molecule has 1 amide bonds. The van der Waals surface area contributed by atoms with Crippen LogP contribution >= 0.6 is 0 Å². The van der Waals surface area contributed by atoms with Crippen molar-refractivity contribution in [3.05, 3.63) is 77.9 Å². The average molecular weight is 324 g/mol. The molecule has 124 valence electrons. The molecule has 3 N–H and O–H groups in total. The summed E-state index contributed by atoms with van der Waals surface area (Å²) in [6.45, 7) is 4.16. The van der Waals surface area contributed by atoms with E-state index >= 15 is 0 Å². The zero-order valence-electron chi connectivity index (χ0n) is 13.3. The highest BCUT2D eigenvalue weighted by Gasteiger charge is 2.10. The second-order valence-electron chi connectivity index (χ2n) is 5.16. The van der Waals surface area contributed by atoms with Gasteiger partial charge in [0.25, 0.3) is 5.91 Å². The number of ether oxygens (including phenoxy) is 1. The second kappa shape index (κ2) is 8.64. The van der Waals surface area contributed by atoms with Crippen LogP contribution in [0.1, 0.15) is 26.3 Å². The lowest BCUT2D eigenvalue weighted by atomic mass is 10.1. The molecule has 0 heterocycles. The van der Waals surface area contributed by atoms with Gasteiger partial charge in [0.05, 0.1) is 5.56 Å². The standard InChI is InChI=1S/C19H20N2O3/c1-2-11-24-19(23)16-7-4-8-17(13-16)21-18(22)15-6-3-5-14(12-15)9-10-20/h2-8,12-13H,1,9-11,20H2,(H,21,22). The highest BCUT2D eigenvalue weighted by Crippen LogP contribution is 2.14. The van der Waals surface area contributed by atoms with Crippen molar-refractivity contribution in [2.24, 2.45) is 5.73 Å². The summed E-state index contributed by atoms with van der Waals surface area (Å²) < 4.78 is 4.98. The predicted octanol–water partition coefficient (Wildman–Crippen LogP) is 2.78. The van der Waals surface area contributed by atoms with Crippen molar-refractivity contribution < 1.29 is 14.3 Å². The van der Waals surface area contributed by atoms with Crippen LogP contribution in [0.25, 0.3) is 0 Å². The molecule has 0 aliphatic carbocycles. The van der Waals surface area contributed by atoms with Crippen molar-refractivity contribution in [3.8, 4) is 0 Å². The molecular formula is C19H20N2O3. The Bertz CT molecular complexity index is 741. The maximum atomic E-state index is 12.4. The minimum Gasteiger partial charge on any atom is -0.458 e. The Hall–Kier alpha value is -2.92. The number of rotatable bonds is 7. The van der Waals surface area contributed by atoms with Gasteiger partial charge in [0.1, 0.15) is 6.61 Å². The lowest BCUT2D eigenvalue weighted by Gasteiger charge is -2.08. The molecule has 0 fully saturated rings. The Balaban J connectivity index is 2.10. The van der Waals surface area contributed by atoms with Crippen LogP contribution in [0.4, 0.5) is 5.69 Å². The highest BCUT2D eigenvalue weighted by atomic mass is 16.5. The van der Waals surface area contributed by atoms with Crippen LogP contribution in [0.3, 0.4) is 0 Å². The molecule has 0 bridgehead atoms. The normalized spacial score (nSPS) is 10.0. The van der Waals surface area contributed by atoms with Crippen LogP contribution in [0, 0.1) is 0 Å². The Morgan fingerprint density at radius 2 is 1.88 bits per heavy atom. The van der Waals surface area contributed by atoms with Gasteiger partial charge in [-0.25, -0.2) is 4.79 Å². The lowest BCUT2D eigenvalue weighted by molar-refractivity contribution is 0.0549. The third-order valence-electron chi connectivity index (χ3n) is 3.31. The van der Waals surface area contributed by atoms with E-state index < -0.39 is 5.97 Å². The summed E-state index contributed by atoms with van der Waals surface area (Å²) in [5, 5.41) is 2.78. The summed E-state index contributed by atoms with van der Waals surface area (Å²) in [4.78, 5) is 24.2. The lowest BCUT2D eigenvalue weighted by Crippen LogP contribution is -2.13. The van der Waals surface area contributed by atoms with Crippen molar-refractivity contribution >= 4 is 17.6 Å². The number of hydrogen-bond donors (Lipinski definition) is 2. The zero-order valence-corrected chi connectivity index (χ0v) is 13.3. The number of anilines is 1. The summed E-state index contributed by atoms with van der Waals surface area (Å²) in [5.74, 6) is -0.707. The molecule has 5 nitrogen and oxygen atoms in total. The fraction of sp³-hybridized carbons (Fsp3) is 0.158. The largest absolute Gasteiger partial charge is 0.458 e. The number of amides is 1. The van der Waals surface area contributed by atoms with Gasteiger partial charge in [0.15, 0.2) is 0 Å². The van der Waals surface area contributed by atoms with E-state index in [1.54, 1.807) is 30.3 Å². The number of hydrogen-bond acceptors (Lipinski definition) is 4. The van der Waals surface area contributed by atoms with Gasteiger partial charge in [-0.05, 0) is 48.9 Å². The fourth-order valence-corrected chi connectivity index (χ4v) is 2.18. The van der Waals surface area contributed by atoms with Gasteiger partial charge in [-0.2, -0.15) is 0 Å². The highest BCUT2D eigenvalue weighted by molar-refractivity contribution is 6.05. The second-order valence-corrected chi connectivity index (χ2v) is 5.16. The molecule has 2 aromatic carbocycles. The van der Waals surface area contributed by atoms with E-state index in [1.165, 1.54) is 6.08 Å². The number of nitrogens with one attached hydrogen (secondary N) is 1. The van der Waals surface area contributed by atoms with Gasteiger partial charge in [-0.3, -0.25) is 4.79 Å². The number of benzene rings is 2. The molecule has 0 unspecified atom stereocenters. The van der Waals surface area contributed by atoms with Crippen LogP contribution in [0.2, 0.25) is 0 Å². The molecule has 0 aliphatic rings. The predicted molar refractivity (Wildman–Crippen MR) is 94.1 cm³/mol. The average Bonchev–Trinajstić information content (AvgIpc) is 2.60. The molecule has 0 saturated carbocycles. The quantitative estimate of drug-likeness (QED) is 0.606. The molecule has 5 heteroatoms. The molecule has 0 aliphatic heterocycles. The van der Waals surface area contributed by atoms with Crippen molar-refractivity contribution in [1.82, 2.24) is 0 Å². The summed E-state index contributed by atoms with van der Waals surface area (Å²) in [6.07, 6.45) is 2.21. The van der Waals surface area contributed by atoms with Crippen molar-refractivity contribution in [1.29, 1.82) is 0 Å². The smallest absolute Gasteiger partial charge is 0.338 e. The minimum absolute atomic E-state index is 0.142. The molecule has 0 aromatic heterocycles. The van der Waals surface area contributed by atoms with Gasteiger partial charge in [0.2, 0.25) is 0 Å². The molecule has 0 atom stereocenters.